The molecule has 0 fully saturated rings. The van der Waals surface area contributed by atoms with E-state index < -0.39 is 80.4 Å². The summed E-state index contributed by atoms with van der Waals surface area (Å²) in [4.78, 5) is 0. The topological polar surface area (TPSA) is 9.23 Å². The van der Waals surface area contributed by atoms with Gasteiger partial charge >= 0.3 is 12.3 Å². The Morgan fingerprint density at radius 2 is 1.38 bits per heavy atom. The molecule has 0 aromatic heterocycles. The molecule has 0 aliphatic heterocycles. The van der Waals surface area contributed by atoms with Crippen LogP contribution in [0.3, 0.4) is 0 Å². The fourth-order valence-electron chi connectivity index (χ4n) is 5.20. The molecular formula is C35H21F11O. The molecule has 12 heteroatoms. The number of hydrogen-bond donors (Lipinski definition) is 0. The Labute approximate surface area is 260 Å². The molecule has 0 heterocycles. The van der Waals surface area contributed by atoms with Crippen LogP contribution in [0.4, 0.5) is 48.3 Å². The monoisotopic (exact) mass is 666 g/mol. The molecule has 5 aromatic rings. The van der Waals surface area contributed by atoms with Gasteiger partial charge in [-0.1, -0.05) is 56.0 Å². The van der Waals surface area contributed by atoms with E-state index in [4.69, 9.17) is 0 Å². The summed E-state index contributed by atoms with van der Waals surface area (Å²) in [6, 6.07) is 9.75. The summed E-state index contributed by atoms with van der Waals surface area (Å²) < 4.78 is 161. The molecule has 0 spiro atoms. The molecule has 0 saturated carbocycles. The second kappa shape index (κ2) is 12.8. The van der Waals surface area contributed by atoms with Crippen molar-refractivity contribution in [1.29, 1.82) is 0 Å². The zero-order chi connectivity index (χ0) is 34.3. The van der Waals surface area contributed by atoms with Crippen molar-refractivity contribution in [3.63, 3.8) is 0 Å². The lowest BCUT2D eigenvalue weighted by Crippen LogP contribution is -2.25. The van der Waals surface area contributed by atoms with Gasteiger partial charge < -0.3 is 4.74 Å². The Hall–Kier alpha value is -4.79. The molecule has 0 atom stereocenters. The molecule has 0 bridgehead atoms. The van der Waals surface area contributed by atoms with Crippen molar-refractivity contribution in [2.75, 3.05) is 0 Å². The van der Waals surface area contributed by atoms with Gasteiger partial charge in [-0.3, -0.25) is 0 Å². The third-order valence-electron chi connectivity index (χ3n) is 7.36. The largest absolute Gasteiger partial charge is 0.458 e. The SMILES string of the molecule is CCCCCc1ccc2c(F)c(-c3cc(F)c(C(F)(F)Oc4cc(F)c5c(F)c(C#CC(F)(F)F)c(F)cc5c4)c(F)c3)ccc2c1. The van der Waals surface area contributed by atoms with Crippen LogP contribution >= 0.6 is 0 Å². The molecule has 1 nitrogen and oxygen atoms in total. The van der Waals surface area contributed by atoms with Gasteiger partial charge in [0.25, 0.3) is 0 Å². The van der Waals surface area contributed by atoms with Crippen LogP contribution in [0.25, 0.3) is 32.7 Å². The minimum atomic E-state index is -5.13. The van der Waals surface area contributed by atoms with Crippen LogP contribution in [0.2, 0.25) is 0 Å². The van der Waals surface area contributed by atoms with Crippen molar-refractivity contribution in [3.05, 3.63) is 112 Å². The van der Waals surface area contributed by atoms with Gasteiger partial charge in [0.1, 0.15) is 40.4 Å². The first-order valence-corrected chi connectivity index (χ1v) is 14.1. The molecule has 0 unspecified atom stereocenters. The van der Waals surface area contributed by atoms with E-state index in [0.29, 0.717) is 35.6 Å². The Kier molecular flexibility index (Phi) is 9.13. The molecule has 0 saturated heterocycles. The Balaban J connectivity index is 1.47. The average Bonchev–Trinajstić information content (AvgIpc) is 2.95. The highest BCUT2D eigenvalue weighted by Gasteiger charge is 2.41. The van der Waals surface area contributed by atoms with Crippen LogP contribution in [0, 0.1) is 46.7 Å². The van der Waals surface area contributed by atoms with E-state index in [0.717, 1.165) is 31.2 Å². The van der Waals surface area contributed by atoms with E-state index in [1.165, 1.54) is 24.1 Å². The van der Waals surface area contributed by atoms with Crippen LogP contribution in [-0.2, 0) is 12.5 Å². The van der Waals surface area contributed by atoms with Gasteiger partial charge in [-0.2, -0.15) is 22.0 Å². The summed E-state index contributed by atoms with van der Waals surface area (Å²) in [6.45, 7) is 2.06. The van der Waals surface area contributed by atoms with Crippen molar-refractivity contribution in [2.45, 2.75) is 44.9 Å². The molecule has 244 valence electrons. The molecule has 5 rings (SSSR count). The zero-order valence-electron chi connectivity index (χ0n) is 24.2. The lowest BCUT2D eigenvalue weighted by Gasteiger charge is -2.20. The highest BCUT2D eigenvalue weighted by molar-refractivity contribution is 5.89. The lowest BCUT2D eigenvalue weighted by atomic mass is 9.96. The summed E-state index contributed by atoms with van der Waals surface area (Å²) in [5, 5.41) is -1.18. The molecule has 0 N–H and O–H groups in total. The van der Waals surface area contributed by atoms with Gasteiger partial charge in [-0.05, 0) is 59.0 Å². The molecule has 0 amide bonds. The smallest absolute Gasteiger partial charge is 0.429 e. The van der Waals surface area contributed by atoms with Gasteiger partial charge in [0, 0.05) is 22.9 Å². The third-order valence-corrected chi connectivity index (χ3v) is 7.36. The van der Waals surface area contributed by atoms with Crippen molar-refractivity contribution in [2.24, 2.45) is 0 Å². The van der Waals surface area contributed by atoms with E-state index in [1.54, 1.807) is 12.1 Å². The maximum absolute atomic E-state index is 15.5. The molecular weight excluding hydrogens is 645 g/mol. The first kappa shape index (κ1) is 33.6. The van der Waals surface area contributed by atoms with Gasteiger partial charge in [-0.25, -0.2) is 26.3 Å². The van der Waals surface area contributed by atoms with Gasteiger partial charge in [0.05, 0.1) is 10.9 Å². The number of halogens is 11. The molecule has 0 aliphatic rings. The molecule has 47 heavy (non-hydrogen) atoms. The Morgan fingerprint density at radius 1 is 0.681 bits per heavy atom. The molecule has 0 radical (unpaired) electrons. The predicted octanol–water partition coefficient (Wildman–Crippen LogP) is 11.3. The lowest BCUT2D eigenvalue weighted by molar-refractivity contribution is -0.189. The second-order valence-corrected chi connectivity index (χ2v) is 10.7. The number of rotatable bonds is 8. The maximum atomic E-state index is 15.5. The van der Waals surface area contributed by atoms with E-state index in [9.17, 15) is 26.3 Å². The van der Waals surface area contributed by atoms with E-state index in [1.807, 2.05) is 0 Å². The maximum Gasteiger partial charge on any atom is 0.458 e. The molecule has 5 aromatic carbocycles. The van der Waals surface area contributed by atoms with Crippen LogP contribution in [0.15, 0.2) is 60.7 Å². The fraction of sp³-hybridized carbons (Fsp3) is 0.200. The standard InChI is InChI=1S/C35H21F11O/c1-2-3-4-5-18-6-8-23-19(12-18)7-9-24(32(23)40)20-14-28(38)31(29(39)15-20)35(45,46)47-22-13-21-16-26(36)25(10-11-34(42,43)44)33(41)30(21)27(37)17-22/h6-9,12-17H,2-5H2,1H3. The first-order valence-electron chi connectivity index (χ1n) is 14.1. The number of ether oxygens (including phenoxy) is 1. The minimum absolute atomic E-state index is 0.144. The van der Waals surface area contributed by atoms with Gasteiger partial charge in [0.15, 0.2) is 5.82 Å². The van der Waals surface area contributed by atoms with Crippen molar-refractivity contribution < 1.29 is 53.0 Å². The van der Waals surface area contributed by atoms with Crippen LogP contribution in [0.5, 0.6) is 5.75 Å². The highest BCUT2D eigenvalue weighted by Crippen LogP contribution is 2.40. The summed E-state index contributed by atoms with van der Waals surface area (Å²) in [5.41, 5.74) is -3.05. The van der Waals surface area contributed by atoms with Crippen LogP contribution in [-0.4, -0.2) is 6.18 Å². The van der Waals surface area contributed by atoms with E-state index in [-0.39, 0.29) is 17.0 Å². The number of fused-ring (bicyclic) bond motifs is 2. The van der Waals surface area contributed by atoms with Crippen molar-refractivity contribution in [1.82, 2.24) is 0 Å². The summed E-state index contributed by atoms with van der Waals surface area (Å²) in [7, 11) is 0. The predicted molar refractivity (Wildman–Crippen MR) is 154 cm³/mol. The number of unbranched alkanes of at least 4 members (excludes halogenated alkanes) is 2. The van der Waals surface area contributed by atoms with Crippen LogP contribution in [0.1, 0.15) is 42.9 Å². The second-order valence-electron chi connectivity index (χ2n) is 10.7. The minimum Gasteiger partial charge on any atom is -0.429 e. The quantitative estimate of drug-likeness (QED) is 0.0910. The first-order chi connectivity index (χ1) is 22.1. The number of aryl methyl sites for hydroxylation is 1. The van der Waals surface area contributed by atoms with E-state index in [2.05, 4.69) is 11.7 Å². The number of benzene rings is 5. The third kappa shape index (κ3) is 6.99. The van der Waals surface area contributed by atoms with Crippen molar-refractivity contribution >= 4 is 21.5 Å². The highest BCUT2D eigenvalue weighted by atomic mass is 19.4. The summed E-state index contributed by atoms with van der Waals surface area (Å²) in [5.74, 6) is -8.98. The average molecular weight is 667 g/mol. The summed E-state index contributed by atoms with van der Waals surface area (Å²) in [6.07, 6.45) is -6.19. The fourth-order valence-corrected chi connectivity index (χ4v) is 5.20. The Morgan fingerprint density at radius 3 is 2.04 bits per heavy atom. The van der Waals surface area contributed by atoms with E-state index >= 15 is 22.0 Å². The number of hydrogen-bond acceptors (Lipinski definition) is 1. The van der Waals surface area contributed by atoms with Gasteiger partial charge in [-0.15, -0.1) is 0 Å². The van der Waals surface area contributed by atoms with Crippen molar-refractivity contribution in [3.8, 4) is 28.7 Å². The Bertz CT molecular complexity index is 2050. The molecule has 0 aliphatic carbocycles. The number of alkyl halides is 5. The normalized spacial score (nSPS) is 12.0. The van der Waals surface area contributed by atoms with Gasteiger partial charge in [0.2, 0.25) is 0 Å². The summed E-state index contributed by atoms with van der Waals surface area (Å²) >= 11 is 0. The zero-order valence-corrected chi connectivity index (χ0v) is 24.2. The van der Waals surface area contributed by atoms with Crippen LogP contribution < -0.4 is 4.74 Å².